The fourth-order valence-corrected chi connectivity index (χ4v) is 4.69. The third-order valence-corrected chi connectivity index (χ3v) is 6.63. The highest BCUT2D eigenvalue weighted by Crippen LogP contribution is 2.24. The van der Waals surface area contributed by atoms with Gasteiger partial charge in [-0.2, -0.15) is 0 Å². The molecule has 3 amide bonds. The Balaban J connectivity index is 2.20. The normalized spacial score (nSPS) is 19.7. The first kappa shape index (κ1) is 31.7. The lowest BCUT2D eigenvalue weighted by atomic mass is 9.93. The number of piperidine rings is 1. The molecule has 7 N–H and O–H groups in total. The van der Waals surface area contributed by atoms with E-state index in [4.69, 9.17) is 10.5 Å². The zero-order valence-electron chi connectivity index (χ0n) is 22.6. The van der Waals surface area contributed by atoms with Crippen molar-refractivity contribution in [3.8, 4) is 0 Å². The maximum atomic E-state index is 13.7. The van der Waals surface area contributed by atoms with Gasteiger partial charge in [-0.25, -0.2) is 9.78 Å². The Hall–Kier alpha value is -3.52. The number of nitrogens with one attached hydrogen (secondary N) is 3. The van der Waals surface area contributed by atoms with Gasteiger partial charge in [-0.3, -0.25) is 19.2 Å². The zero-order valence-corrected chi connectivity index (χ0v) is 22.6. The number of nitrogens with zero attached hydrogens (tertiary/aromatic N) is 2. The van der Waals surface area contributed by atoms with Gasteiger partial charge in [-0.15, -0.1) is 0 Å². The second kappa shape index (κ2) is 15.2. The van der Waals surface area contributed by atoms with Gasteiger partial charge in [0.1, 0.15) is 12.1 Å². The number of imidazole rings is 1. The molecule has 39 heavy (non-hydrogen) atoms. The predicted octanol–water partition coefficient (Wildman–Crippen LogP) is -0.359. The first-order chi connectivity index (χ1) is 18.4. The van der Waals surface area contributed by atoms with E-state index in [2.05, 4.69) is 20.6 Å². The number of carboxylic acid groups (broad SMARTS) is 2. The van der Waals surface area contributed by atoms with E-state index in [-0.39, 0.29) is 38.1 Å². The molecule has 1 aromatic heterocycles. The highest BCUT2D eigenvalue weighted by Gasteiger charge is 2.39. The number of rotatable bonds is 15. The SMILES string of the molecule is CO[C@@H]1CCCN(C(=O)[C@H](CCC(=O)O)NC(=O)[C@@H](N)CC(C)C)[C@@H]1CC(=O)N[C@@H](Cc1cnc[nH]1)C(=O)O. The number of aliphatic carboxylic acids is 2. The maximum Gasteiger partial charge on any atom is 0.326 e. The number of H-pyrrole nitrogens is 1. The number of methoxy groups -OCH3 is 1. The molecule has 1 fully saturated rings. The van der Waals surface area contributed by atoms with Crippen molar-refractivity contribution < 1.29 is 38.9 Å². The number of carbonyl (C=O) groups excluding carboxylic acids is 3. The molecule has 0 aliphatic carbocycles. The van der Waals surface area contributed by atoms with E-state index >= 15 is 0 Å². The Morgan fingerprint density at radius 2 is 1.92 bits per heavy atom. The second-order valence-electron chi connectivity index (χ2n) is 10.2. The summed E-state index contributed by atoms with van der Waals surface area (Å²) in [5, 5.41) is 23.9. The summed E-state index contributed by atoms with van der Waals surface area (Å²) in [6.45, 7) is 4.06. The standard InChI is InChI=1S/C25H40N6O8/c1-14(2)9-16(26)23(35)30-17(6-7-22(33)34)24(36)31-8-4-5-20(39-3)19(31)11-21(32)29-18(25(37)38)10-15-12-27-13-28-15/h12-14,16-20H,4-11,26H2,1-3H3,(H,27,28)(H,29,32)(H,30,35)(H,33,34)(H,37,38)/t16-,17-,18-,19+,20+/m0/s1. The van der Waals surface area contributed by atoms with Gasteiger partial charge < -0.3 is 41.2 Å². The topological polar surface area (TPSA) is 217 Å². The fraction of sp³-hybridized carbons (Fsp3) is 0.680. The molecule has 1 aliphatic rings. The van der Waals surface area contributed by atoms with Crippen molar-refractivity contribution in [3.05, 3.63) is 18.2 Å². The molecule has 2 heterocycles. The summed E-state index contributed by atoms with van der Waals surface area (Å²) in [5.74, 6) is -3.94. The highest BCUT2D eigenvalue weighted by atomic mass is 16.5. The third-order valence-electron chi connectivity index (χ3n) is 6.63. The van der Waals surface area contributed by atoms with Crippen LogP contribution in [-0.2, 0) is 35.1 Å². The van der Waals surface area contributed by atoms with Crippen molar-refractivity contribution in [2.24, 2.45) is 11.7 Å². The monoisotopic (exact) mass is 552 g/mol. The third kappa shape index (κ3) is 9.94. The van der Waals surface area contributed by atoms with Crippen LogP contribution in [0.4, 0.5) is 0 Å². The minimum Gasteiger partial charge on any atom is -0.481 e. The van der Waals surface area contributed by atoms with Crippen molar-refractivity contribution in [1.29, 1.82) is 0 Å². The number of ether oxygens (including phenoxy) is 1. The number of carboxylic acids is 2. The first-order valence-corrected chi connectivity index (χ1v) is 13.0. The summed E-state index contributed by atoms with van der Waals surface area (Å²) in [4.78, 5) is 70.4. The molecule has 0 spiro atoms. The summed E-state index contributed by atoms with van der Waals surface area (Å²) in [6.07, 6.45) is 3.06. The molecule has 0 bridgehead atoms. The van der Waals surface area contributed by atoms with Crippen molar-refractivity contribution in [1.82, 2.24) is 25.5 Å². The number of amides is 3. The van der Waals surface area contributed by atoms with Gasteiger partial charge in [-0.1, -0.05) is 13.8 Å². The molecule has 0 saturated carbocycles. The lowest BCUT2D eigenvalue weighted by Gasteiger charge is -2.42. The largest absolute Gasteiger partial charge is 0.481 e. The molecule has 5 atom stereocenters. The molecule has 14 heteroatoms. The zero-order chi connectivity index (χ0) is 29.1. The molecule has 0 radical (unpaired) electrons. The fourth-order valence-electron chi connectivity index (χ4n) is 4.69. The number of nitrogens with two attached hydrogens (primary N) is 1. The molecule has 1 saturated heterocycles. The van der Waals surface area contributed by atoms with Crippen molar-refractivity contribution >= 4 is 29.7 Å². The van der Waals surface area contributed by atoms with Gasteiger partial charge in [0.15, 0.2) is 0 Å². The summed E-state index contributed by atoms with van der Waals surface area (Å²) in [7, 11) is 1.45. The van der Waals surface area contributed by atoms with Gasteiger partial charge in [0.2, 0.25) is 17.7 Å². The van der Waals surface area contributed by atoms with Crippen LogP contribution in [0.1, 0.15) is 58.1 Å². The number of hydrogen-bond donors (Lipinski definition) is 6. The van der Waals surface area contributed by atoms with Crippen LogP contribution in [0, 0.1) is 5.92 Å². The van der Waals surface area contributed by atoms with E-state index in [0.717, 1.165) is 0 Å². The van der Waals surface area contributed by atoms with Crippen molar-refractivity contribution in [2.75, 3.05) is 13.7 Å². The number of aromatic amines is 1. The van der Waals surface area contributed by atoms with Crippen LogP contribution in [0.5, 0.6) is 0 Å². The summed E-state index contributed by atoms with van der Waals surface area (Å²) in [5.41, 5.74) is 6.50. The number of likely N-dealkylation sites (tertiary alicyclic amines) is 1. The van der Waals surface area contributed by atoms with E-state index < -0.39 is 59.9 Å². The number of carbonyl (C=O) groups is 5. The molecule has 218 valence electrons. The van der Waals surface area contributed by atoms with E-state index in [1.807, 2.05) is 13.8 Å². The Kier molecular flexibility index (Phi) is 12.3. The Labute approximate surface area is 227 Å². The minimum atomic E-state index is -1.23. The second-order valence-corrected chi connectivity index (χ2v) is 10.2. The van der Waals surface area contributed by atoms with E-state index in [1.54, 1.807) is 0 Å². The summed E-state index contributed by atoms with van der Waals surface area (Å²) < 4.78 is 5.56. The lowest BCUT2D eigenvalue weighted by Crippen LogP contribution is -2.60. The predicted molar refractivity (Wildman–Crippen MR) is 138 cm³/mol. The van der Waals surface area contributed by atoms with Crippen LogP contribution in [0.15, 0.2) is 12.5 Å². The van der Waals surface area contributed by atoms with Crippen LogP contribution in [0.2, 0.25) is 0 Å². The molecule has 1 aliphatic heterocycles. The molecule has 0 aromatic carbocycles. The highest BCUT2D eigenvalue weighted by molar-refractivity contribution is 5.91. The van der Waals surface area contributed by atoms with E-state index in [0.29, 0.717) is 25.0 Å². The Morgan fingerprint density at radius 3 is 2.49 bits per heavy atom. The average molecular weight is 553 g/mol. The van der Waals surface area contributed by atoms with Gasteiger partial charge in [-0.05, 0) is 31.6 Å². The summed E-state index contributed by atoms with van der Waals surface area (Å²) in [6, 6.07) is -4.02. The molecular formula is C25H40N6O8. The molecule has 14 nitrogen and oxygen atoms in total. The number of hydrogen-bond acceptors (Lipinski definition) is 8. The van der Waals surface area contributed by atoms with Gasteiger partial charge in [0.05, 0.1) is 24.5 Å². The quantitative estimate of drug-likeness (QED) is 0.166. The van der Waals surface area contributed by atoms with E-state index in [9.17, 15) is 34.2 Å². The lowest BCUT2D eigenvalue weighted by molar-refractivity contribution is -0.148. The van der Waals surface area contributed by atoms with Crippen LogP contribution >= 0.6 is 0 Å². The maximum absolute atomic E-state index is 13.7. The number of aromatic nitrogens is 2. The average Bonchev–Trinajstić information content (AvgIpc) is 3.38. The van der Waals surface area contributed by atoms with Crippen molar-refractivity contribution in [3.63, 3.8) is 0 Å². The smallest absolute Gasteiger partial charge is 0.326 e. The molecule has 1 aromatic rings. The summed E-state index contributed by atoms with van der Waals surface area (Å²) >= 11 is 0. The van der Waals surface area contributed by atoms with Gasteiger partial charge >= 0.3 is 11.9 Å². The van der Waals surface area contributed by atoms with Crippen LogP contribution in [0.25, 0.3) is 0 Å². The van der Waals surface area contributed by atoms with Crippen LogP contribution in [0.3, 0.4) is 0 Å². The molecular weight excluding hydrogens is 512 g/mol. The van der Waals surface area contributed by atoms with Crippen LogP contribution in [-0.4, -0.2) is 98.7 Å². The van der Waals surface area contributed by atoms with Crippen LogP contribution < -0.4 is 16.4 Å². The van der Waals surface area contributed by atoms with Gasteiger partial charge in [0.25, 0.3) is 0 Å². The Morgan fingerprint density at radius 1 is 1.21 bits per heavy atom. The Bertz CT molecular complexity index is 985. The first-order valence-electron chi connectivity index (χ1n) is 13.0. The molecule has 2 rings (SSSR count). The van der Waals surface area contributed by atoms with E-state index in [1.165, 1.54) is 24.5 Å². The minimum absolute atomic E-state index is 0.0119. The molecule has 0 unspecified atom stereocenters. The van der Waals surface area contributed by atoms with Crippen molar-refractivity contribution in [2.45, 2.75) is 89.1 Å². The van der Waals surface area contributed by atoms with Gasteiger partial charge in [0, 0.05) is 44.8 Å².